The summed E-state index contributed by atoms with van der Waals surface area (Å²) in [6.07, 6.45) is 2.84. The molecule has 0 bridgehead atoms. The Kier molecular flexibility index (Phi) is 5.35. The van der Waals surface area contributed by atoms with E-state index in [0.717, 1.165) is 12.0 Å². The Morgan fingerprint density at radius 2 is 1.62 bits per heavy atom. The van der Waals surface area contributed by atoms with Crippen LogP contribution in [0.25, 0.3) is 17.2 Å². The van der Waals surface area contributed by atoms with Gasteiger partial charge < -0.3 is 4.74 Å². The zero-order valence-electron chi connectivity index (χ0n) is 15.9. The molecule has 24 heavy (non-hydrogen) atoms. The largest absolute Gasteiger partial charge is 0.365 e. The van der Waals surface area contributed by atoms with E-state index in [0.29, 0.717) is 0 Å². The molecule has 0 amide bonds. The second-order valence-corrected chi connectivity index (χ2v) is 7.25. The first kappa shape index (κ1) is 18.5. The van der Waals surface area contributed by atoms with Gasteiger partial charge in [0.25, 0.3) is 0 Å². The second-order valence-electron chi connectivity index (χ2n) is 7.25. The molecule has 3 rings (SSSR count). The van der Waals surface area contributed by atoms with Crippen LogP contribution in [0.2, 0.25) is 0 Å². The van der Waals surface area contributed by atoms with Crippen LogP contribution in [0.5, 0.6) is 0 Å². The lowest BCUT2D eigenvalue weighted by molar-refractivity contribution is -0.138. The molecule has 1 heterocycles. The van der Waals surface area contributed by atoms with Crippen LogP contribution in [0.15, 0.2) is 49.0 Å². The van der Waals surface area contributed by atoms with E-state index in [-0.39, 0.29) is 11.2 Å². The number of fused-ring (bicyclic) bond motifs is 1. The summed E-state index contributed by atoms with van der Waals surface area (Å²) in [5, 5.41) is 0. The van der Waals surface area contributed by atoms with Crippen LogP contribution in [-0.2, 0) is 16.8 Å². The Balaban J connectivity index is 0.00000100. The molecule has 0 saturated carbocycles. The van der Waals surface area contributed by atoms with E-state index in [1.807, 2.05) is 19.9 Å². The van der Waals surface area contributed by atoms with Crippen LogP contribution < -0.4 is 0 Å². The molecule has 0 aliphatic carbocycles. The predicted molar refractivity (Wildman–Crippen MR) is 105 cm³/mol. The highest BCUT2D eigenvalue weighted by atomic mass is 16.5. The summed E-state index contributed by atoms with van der Waals surface area (Å²) in [6.45, 7) is 16.5. The fourth-order valence-electron chi connectivity index (χ4n) is 3.56. The molecular formula is C23H30O. The minimum atomic E-state index is -0.261. The third-order valence-corrected chi connectivity index (χ3v) is 4.36. The van der Waals surface area contributed by atoms with E-state index in [4.69, 9.17) is 4.74 Å². The lowest BCUT2D eigenvalue weighted by atomic mass is 9.81. The average molecular weight is 322 g/mol. The van der Waals surface area contributed by atoms with Crippen molar-refractivity contribution in [3.8, 4) is 11.1 Å². The summed E-state index contributed by atoms with van der Waals surface area (Å²) in [5.41, 5.74) is 5.92. The van der Waals surface area contributed by atoms with Gasteiger partial charge in [0, 0.05) is 6.42 Å². The Labute approximate surface area is 147 Å². The van der Waals surface area contributed by atoms with Crippen LogP contribution in [0.1, 0.15) is 58.2 Å². The molecule has 2 aromatic rings. The molecule has 0 unspecified atom stereocenters. The number of ether oxygens (including phenoxy) is 1. The summed E-state index contributed by atoms with van der Waals surface area (Å²) >= 11 is 0. The van der Waals surface area contributed by atoms with Crippen LogP contribution in [-0.4, -0.2) is 5.60 Å². The van der Waals surface area contributed by atoms with Crippen LogP contribution >= 0.6 is 0 Å². The fourth-order valence-corrected chi connectivity index (χ4v) is 3.56. The standard InChI is InChI=1S/C21H24O.C2H6/c1-6-15-8-7-9-16(12-15)17-10-11-18-14-20(2,3)22-21(4,5)19(18)13-17;1-2/h6-13H,1,14H2,2-5H3;1-2H3. The highest BCUT2D eigenvalue weighted by molar-refractivity contribution is 5.68. The molecule has 1 heteroatoms. The Morgan fingerprint density at radius 3 is 2.29 bits per heavy atom. The van der Waals surface area contributed by atoms with Gasteiger partial charge in [-0.05, 0) is 67.6 Å². The number of rotatable bonds is 2. The van der Waals surface area contributed by atoms with Crippen molar-refractivity contribution in [1.82, 2.24) is 0 Å². The lowest BCUT2D eigenvalue weighted by Gasteiger charge is -2.43. The highest BCUT2D eigenvalue weighted by Gasteiger charge is 2.38. The molecule has 0 saturated heterocycles. The molecular weight excluding hydrogens is 292 g/mol. The molecule has 1 aliphatic heterocycles. The normalized spacial score (nSPS) is 17.2. The van der Waals surface area contributed by atoms with Crippen molar-refractivity contribution in [2.24, 2.45) is 0 Å². The van der Waals surface area contributed by atoms with Crippen molar-refractivity contribution in [2.75, 3.05) is 0 Å². The van der Waals surface area contributed by atoms with Gasteiger partial charge in [-0.1, -0.05) is 56.8 Å². The van der Waals surface area contributed by atoms with E-state index in [1.54, 1.807) is 0 Å². The van der Waals surface area contributed by atoms with Crippen molar-refractivity contribution in [1.29, 1.82) is 0 Å². The van der Waals surface area contributed by atoms with Gasteiger partial charge >= 0.3 is 0 Å². The molecule has 0 fully saturated rings. The molecule has 0 N–H and O–H groups in total. The first-order chi connectivity index (χ1) is 11.3. The van der Waals surface area contributed by atoms with Crippen LogP contribution in [0, 0.1) is 0 Å². The number of hydrogen-bond acceptors (Lipinski definition) is 1. The van der Waals surface area contributed by atoms with Gasteiger partial charge in [-0.25, -0.2) is 0 Å². The summed E-state index contributed by atoms with van der Waals surface area (Å²) in [4.78, 5) is 0. The van der Waals surface area contributed by atoms with Crippen LogP contribution in [0.4, 0.5) is 0 Å². The smallest absolute Gasteiger partial charge is 0.0885 e. The maximum atomic E-state index is 6.31. The SMILES string of the molecule is C=Cc1cccc(-c2ccc3c(c2)C(C)(C)OC(C)(C)C3)c1.CC. The lowest BCUT2D eigenvalue weighted by Crippen LogP contribution is -2.42. The van der Waals surface area contributed by atoms with Gasteiger partial charge in [0.15, 0.2) is 0 Å². The summed E-state index contributed by atoms with van der Waals surface area (Å²) in [7, 11) is 0. The summed E-state index contributed by atoms with van der Waals surface area (Å²) in [5.74, 6) is 0. The number of hydrogen-bond donors (Lipinski definition) is 0. The van der Waals surface area contributed by atoms with Crippen molar-refractivity contribution in [2.45, 2.75) is 59.2 Å². The fraction of sp³-hybridized carbons (Fsp3) is 0.391. The Bertz CT molecular complexity index is 723. The van der Waals surface area contributed by atoms with Gasteiger partial charge in [0.2, 0.25) is 0 Å². The third kappa shape index (κ3) is 3.79. The topological polar surface area (TPSA) is 9.23 Å². The molecule has 0 spiro atoms. The molecule has 1 aliphatic rings. The molecule has 0 atom stereocenters. The average Bonchev–Trinajstić information content (AvgIpc) is 2.55. The van der Waals surface area contributed by atoms with E-state index in [1.165, 1.54) is 22.3 Å². The van der Waals surface area contributed by atoms with Gasteiger partial charge in [0.1, 0.15) is 0 Å². The van der Waals surface area contributed by atoms with Gasteiger partial charge in [-0.15, -0.1) is 0 Å². The summed E-state index contributed by atoms with van der Waals surface area (Å²) < 4.78 is 6.31. The van der Waals surface area contributed by atoms with Gasteiger partial charge in [-0.3, -0.25) is 0 Å². The first-order valence-electron chi connectivity index (χ1n) is 8.87. The molecule has 128 valence electrons. The quantitative estimate of drug-likeness (QED) is 0.604. The highest BCUT2D eigenvalue weighted by Crippen LogP contribution is 2.41. The molecule has 0 radical (unpaired) electrons. The maximum Gasteiger partial charge on any atom is 0.0885 e. The molecule has 2 aromatic carbocycles. The van der Waals surface area contributed by atoms with Crippen molar-refractivity contribution in [3.63, 3.8) is 0 Å². The predicted octanol–water partition coefficient (Wildman–Crippen LogP) is 6.61. The van der Waals surface area contributed by atoms with Crippen molar-refractivity contribution < 1.29 is 4.74 Å². The van der Waals surface area contributed by atoms with E-state index in [2.05, 4.69) is 76.7 Å². The third-order valence-electron chi connectivity index (χ3n) is 4.36. The maximum absolute atomic E-state index is 6.31. The monoisotopic (exact) mass is 322 g/mol. The molecule has 1 nitrogen and oxygen atoms in total. The zero-order valence-corrected chi connectivity index (χ0v) is 15.9. The van der Waals surface area contributed by atoms with E-state index in [9.17, 15) is 0 Å². The molecule has 0 aromatic heterocycles. The Morgan fingerprint density at radius 1 is 0.958 bits per heavy atom. The van der Waals surface area contributed by atoms with Crippen molar-refractivity contribution in [3.05, 3.63) is 65.7 Å². The first-order valence-corrected chi connectivity index (χ1v) is 8.87. The second kappa shape index (κ2) is 6.94. The minimum absolute atomic E-state index is 0.110. The minimum Gasteiger partial charge on any atom is -0.365 e. The van der Waals surface area contributed by atoms with E-state index >= 15 is 0 Å². The summed E-state index contributed by atoms with van der Waals surface area (Å²) in [6, 6.07) is 15.2. The van der Waals surface area contributed by atoms with Crippen molar-refractivity contribution >= 4 is 6.08 Å². The van der Waals surface area contributed by atoms with E-state index < -0.39 is 0 Å². The zero-order chi connectivity index (χ0) is 18.0. The van der Waals surface area contributed by atoms with Gasteiger partial charge in [0.05, 0.1) is 11.2 Å². The van der Waals surface area contributed by atoms with Crippen LogP contribution in [0.3, 0.4) is 0 Å². The number of benzene rings is 2. The Hall–Kier alpha value is -1.86. The van der Waals surface area contributed by atoms with Gasteiger partial charge in [-0.2, -0.15) is 0 Å².